The van der Waals surface area contributed by atoms with E-state index in [4.69, 9.17) is 13.9 Å². The summed E-state index contributed by atoms with van der Waals surface area (Å²) in [4.78, 5) is 12.7. The molecular formula is C21H25NO6S. The molecule has 1 aliphatic carbocycles. The molecule has 2 aromatic rings. The molecule has 4 rings (SSSR count). The van der Waals surface area contributed by atoms with Gasteiger partial charge in [-0.2, -0.15) is 0 Å². The second-order valence-electron chi connectivity index (χ2n) is 7.43. The molecule has 0 spiro atoms. The van der Waals surface area contributed by atoms with Crippen molar-refractivity contribution in [3.63, 3.8) is 0 Å². The fraction of sp³-hybridized carbons (Fsp3) is 0.476. The molecule has 8 heteroatoms. The molecule has 1 aliphatic heterocycles. The number of ether oxygens (including phenoxy) is 2. The van der Waals surface area contributed by atoms with Crippen LogP contribution in [-0.4, -0.2) is 34.1 Å². The molecule has 7 nitrogen and oxygen atoms in total. The van der Waals surface area contributed by atoms with Crippen LogP contribution in [0.15, 0.2) is 45.9 Å². The average molecular weight is 419 g/mol. The second-order valence-corrected chi connectivity index (χ2v) is 9.57. The number of sulfone groups is 1. The summed E-state index contributed by atoms with van der Waals surface area (Å²) in [5.41, 5.74) is 0. The van der Waals surface area contributed by atoms with Crippen LogP contribution in [0.25, 0.3) is 0 Å². The van der Waals surface area contributed by atoms with E-state index in [1.807, 2.05) is 0 Å². The Balaban J connectivity index is 1.57. The maximum atomic E-state index is 13.4. The molecule has 2 aliphatic rings. The Morgan fingerprint density at radius 2 is 1.83 bits per heavy atom. The van der Waals surface area contributed by atoms with Crippen molar-refractivity contribution in [3.8, 4) is 11.5 Å². The molecule has 1 amide bonds. The summed E-state index contributed by atoms with van der Waals surface area (Å²) in [5.74, 6) is 1.09. The van der Waals surface area contributed by atoms with Crippen molar-refractivity contribution >= 4 is 15.7 Å². The van der Waals surface area contributed by atoms with Gasteiger partial charge in [-0.05, 0) is 37.1 Å². The SMILES string of the molecule is O=C(NC[C@@H](c1ccco1)S(=O)(=O)c1ccc2c(c1)OCCO2)C1CCCCC1. The number of hydrogen-bond donors (Lipinski definition) is 1. The zero-order chi connectivity index (χ0) is 20.3. The van der Waals surface area contributed by atoms with Gasteiger partial charge in [-0.25, -0.2) is 8.42 Å². The van der Waals surface area contributed by atoms with E-state index < -0.39 is 15.1 Å². The number of nitrogens with one attached hydrogen (secondary N) is 1. The van der Waals surface area contributed by atoms with Gasteiger partial charge in [0.25, 0.3) is 0 Å². The van der Waals surface area contributed by atoms with Crippen LogP contribution in [0.2, 0.25) is 0 Å². The molecule has 1 aromatic heterocycles. The van der Waals surface area contributed by atoms with Gasteiger partial charge in [0.1, 0.15) is 24.2 Å². The summed E-state index contributed by atoms with van der Waals surface area (Å²) >= 11 is 0. The van der Waals surface area contributed by atoms with E-state index in [1.165, 1.54) is 18.4 Å². The van der Waals surface area contributed by atoms with E-state index in [1.54, 1.807) is 18.2 Å². The Morgan fingerprint density at radius 3 is 2.55 bits per heavy atom. The molecule has 1 saturated carbocycles. The Labute approximate surface area is 170 Å². The molecule has 2 heterocycles. The monoisotopic (exact) mass is 419 g/mol. The maximum absolute atomic E-state index is 13.4. The third-order valence-electron chi connectivity index (χ3n) is 5.51. The molecule has 0 saturated heterocycles. The van der Waals surface area contributed by atoms with Crippen LogP contribution in [-0.2, 0) is 14.6 Å². The number of furan rings is 1. The summed E-state index contributed by atoms with van der Waals surface area (Å²) in [7, 11) is -3.83. The molecule has 29 heavy (non-hydrogen) atoms. The van der Waals surface area contributed by atoms with E-state index in [0.717, 1.165) is 32.1 Å². The van der Waals surface area contributed by atoms with E-state index >= 15 is 0 Å². The van der Waals surface area contributed by atoms with Gasteiger partial charge in [-0.1, -0.05) is 19.3 Å². The average Bonchev–Trinajstić information content (AvgIpc) is 3.28. The molecule has 1 fully saturated rings. The van der Waals surface area contributed by atoms with Crippen LogP contribution in [0.5, 0.6) is 11.5 Å². The quantitative estimate of drug-likeness (QED) is 0.772. The van der Waals surface area contributed by atoms with Gasteiger partial charge >= 0.3 is 0 Å². The van der Waals surface area contributed by atoms with Crippen molar-refractivity contribution in [1.29, 1.82) is 0 Å². The number of hydrogen-bond acceptors (Lipinski definition) is 6. The molecule has 1 atom stereocenters. The van der Waals surface area contributed by atoms with Crippen molar-refractivity contribution in [2.45, 2.75) is 42.2 Å². The standard InChI is InChI=1S/C21H25NO6S/c23-21(15-5-2-1-3-6-15)22-14-20(18-7-4-10-26-18)29(24,25)16-8-9-17-19(13-16)28-12-11-27-17/h4,7-10,13,15,20H,1-3,5-6,11-12,14H2,(H,22,23)/t20-/m0/s1. The van der Waals surface area contributed by atoms with Crippen molar-refractivity contribution in [3.05, 3.63) is 42.4 Å². The van der Waals surface area contributed by atoms with Gasteiger partial charge in [0.05, 0.1) is 11.2 Å². The Morgan fingerprint density at radius 1 is 1.07 bits per heavy atom. The molecule has 1 aromatic carbocycles. The van der Waals surface area contributed by atoms with Crippen LogP contribution in [0.1, 0.15) is 43.1 Å². The lowest BCUT2D eigenvalue weighted by molar-refractivity contribution is -0.125. The van der Waals surface area contributed by atoms with Gasteiger partial charge in [0.2, 0.25) is 5.91 Å². The zero-order valence-corrected chi connectivity index (χ0v) is 16.9. The topological polar surface area (TPSA) is 94.8 Å². The summed E-state index contributed by atoms with van der Waals surface area (Å²) < 4.78 is 43.2. The third kappa shape index (κ3) is 4.27. The highest BCUT2D eigenvalue weighted by Crippen LogP contribution is 2.36. The largest absolute Gasteiger partial charge is 0.486 e. The number of carbonyl (C=O) groups excluding carboxylic acids is 1. The molecule has 1 N–H and O–H groups in total. The molecule has 156 valence electrons. The maximum Gasteiger partial charge on any atom is 0.223 e. The van der Waals surface area contributed by atoms with E-state index in [-0.39, 0.29) is 23.3 Å². The number of amides is 1. The first-order valence-corrected chi connectivity index (χ1v) is 11.5. The van der Waals surface area contributed by atoms with Crippen LogP contribution >= 0.6 is 0 Å². The fourth-order valence-corrected chi connectivity index (χ4v) is 5.51. The first-order valence-electron chi connectivity index (χ1n) is 10.0. The molecule has 0 radical (unpaired) electrons. The highest BCUT2D eigenvalue weighted by Gasteiger charge is 2.33. The molecular weight excluding hydrogens is 394 g/mol. The Bertz CT molecular complexity index is 948. The lowest BCUT2D eigenvalue weighted by Crippen LogP contribution is -2.36. The predicted molar refractivity (Wildman–Crippen MR) is 106 cm³/mol. The number of rotatable bonds is 6. The lowest BCUT2D eigenvalue weighted by atomic mass is 9.89. The summed E-state index contributed by atoms with van der Waals surface area (Å²) in [6.07, 6.45) is 6.37. The van der Waals surface area contributed by atoms with Crippen molar-refractivity contribution in [2.75, 3.05) is 19.8 Å². The van der Waals surface area contributed by atoms with Crippen molar-refractivity contribution in [1.82, 2.24) is 5.32 Å². The minimum absolute atomic E-state index is 0.0420. The van der Waals surface area contributed by atoms with Crippen molar-refractivity contribution in [2.24, 2.45) is 5.92 Å². The van der Waals surface area contributed by atoms with Gasteiger partial charge in [-0.15, -0.1) is 0 Å². The first-order chi connectivity index (χ1) is 14.1. The minimum atomic E-state index is -3.83. The minimum Gasteiger partial charge on any atom is -0.486 e. The number of fused-ring (bicyclic) bond motifs is 1. The van der Waals surface area contributed by atoms with Crippen molar-refractivity contribution < 1.29 is 27.1 Å². The predicted octanol–water partition coefficient (Wildman–Crippen LogP) is 3.26. The zero-order valence-electron chi connectivity index (χ0n) is 16.1. The van der Waals surface area contributed by atoms with Crippen LogP contribution in [0.4, 0.5) is 0 Å². The summed E-state index contributed by atoms with van der Waals surface area (Å²) in [6.45, 7) is 0.760. The van der Waals surface area contributed by atoms with Crippen LogP contribution in [0, 0.1) is 5.92 Å². The highest BCUT2D eigenvalue weighted by molar-refractivity contribution is 7.91. The highest BCUT2D eigenvalue weighted by atomic mass is 32.2. The Kier molecular flexibility index (Phi) is 5.80. The fourth-order valence-electron chi connectivity index (χ4n) is 3.91. The summed E-state index contributed by atoms with van der Waals surface area (Å²) in [5, 5.41) is 1.82. The van der Waals surface area contributed by atoms with Gasteiger partial charge in [0.15, 0.2) is 21.3 Å². The molecule has 0 bridgehead atoms. The van der Waals surface area contributed by atoms with Gasteiger partial charge in [0, 0.05) is 18.5 Å². The van der Waals surface area contributed by atoms with E-state index in [0.29, 0.717) is 30.5 Å². The number of benzene rings is 1. The lowest BCUT2D eigenvalue weighted by Gasteiger charge is -2.23. The number of carbonyl (C=O) groups is 1. The summed E-state index contributed by atoms with van der Waals surface area (Å²) in [6, 6.07) is 7.84. The first kappa shape index (κ1) is 19.8. The van der Waals surface area contributed by atoms with Crippen LogP contribution < -0.4 is 14.8 Å². The van der Waals surface area contributed by atoms with E-state index in [9.17, 15) is 13.2 Å². The third-order valence-corrected chi connectivity index (χ3v) is 7.57. The van der Waals surface area contributed by atoms with E-state index in [2.05, 4.69) is 5.32 Å². The molecule has 0 unspecified atom stereocenters. The van der Waals surface area contributed by atoms with Gasteiger partial charge in [-0.3, -0.25) is 4.79 Å². The van der Waals surface area contributed by atoms with Crippen LogP contribution in [0.3, 0.4) is 0 Å². The van der Waals surface area contributed by atoms with Gasteiger partial charge < -0.3 is 19.2 Å². The second kappa shape index (κ2) is 8.49. The smallest absolute Gasteiger partial charge is 0.223 e. The normalized spacial score (nSPS) is 18.2. The Hall–Kier alpha value is -2.48.